The number of carbonyl (C=O) groups is 2. The summed E-state index contributed by atoms with van der Waals surface area (Å²) in [5, 5.41) is 5.12. The lowest BCUT2D eigenvalue weighted by molar-refractivity contribution is 0.0786. The standard InChI is InChI=1S/C26H26F2N4O6/c1-3-4-7-37-26(34)38-25(33)32-24-23(28)16(5-6-30-24)10-17-13-29-14-20(15(17)2)31-19-12-22-21(11-18(19)27)35-8-9-36-22/h5-6,11-14,31H,3-4,7-10H2,1-2H3,(H,30,32,33). The Bertz CT molecular complexity index is 1340. The molecule has 0 atom stereocenters. The van der Waals surface area contributed by atoms with E-state index < -0.39 is 29.7 Å². The molecule has 0 spiro atoms. The van der Waals surface area contributed by atoms with Gasteiger partial charge in [0.15, 0.2) is 29.0 Å². The van der Waals surface area contributed by atoms with E-state index in [1.165, 1.54) is 30.6 Å². The second-order valence-electron chi connectivity index (χ2n) is 8.35. The molecule has 2 aromatic heterocycles. The Kier molecular flexibility index (Phi) is 8.51. The Morgan fingerprint density at radius 1 is 1.08 bits per heavy atom. The van der Waals surface area contributed by atoms with Gasteiger partial charge in [-0.25, -0.2) is 23.4 Å². The van der Waals surface area contributed by atoms with Crippen LogP contribution in [0.2, 0.25) is 0 Å². The van der Waals surface area contributed by atoms with Crippen molar-refractivity contribution in [2.24, 2.45) is 0 Å². The molecule has 3 aromatic rings. The lowest BCUT2D eigenvalue weighted by atomic mass is 10.0. The number of anilines is 3. The second kappa shape index (κ2) is 12.2. The third kappa shape index (κ3) is 6.44. The summed E-state index contributed by atoms with van der Waals surface area (Å²) in [6.07, 6.45) is 3.50. The van der Waals surface area contributed by atoms with Crippen molar-refractivity contribution in [3.63, 3.8) is 0 Å². The monoisotopic (exact) mass is 528 g/mol. The van der Waals surface area contributed by atoms with E-state index in [0.717, 1.165) is 6.42 Å². The Hall–Kier alpha value is -4.48. The van der Waals surface area contributed by atoms with Crippen LogP contribution in [0, 0.1) is 18.6 Å². The molecular formula is C26H26F2N4O6. The van der Waals surface area contributed by atoms with Crippen molar-refractivity contribution in [2.75, 3.05) is 30.5 Å². The van der Waals surface area contributed by atoms with E-state index in [1.54, 1.807) is 13.1 Å². The van der Waals surface area contributed by atoms with Gasteiger partial charge in [0, 0.05) is 30.9 Å². The van der Waals surface area contributed by atoms with Crippen LogP contribution in [0.3, 0.4) is 0 Å². The summed E-state index contributed by atoms with van der Waals surface area (Å²) >= 11 is 0. The third-order valence-electron chi connectivity index (χ3n) is 5.69. The first-order chi connectivity index (χ1) is 18.4. The highest BCUT2D eigenvalue weighted by Crippen LogP contribution is 2.36. The quantitative estimate of drug-likeness (QED) is 0.217. The Labute approximate surface area is 217 Å². The van der Waals surface area contributed by atoms with Crippen molar-refractivity contribution in [1.82, 2.24) is 9.97 Å². The maximum atomic E-state index is 15.1. The summed E-state index contributed by atoms with van der Waals surface area (Å²) in [5.74, 6) is -0.992. The van der Waals surface area contributed by atoms with E-state index in [0.29, 0.717) is 47.9 Å². The number of hydrogen-bond acceptors (Lipinski definition) is 9. The van der Waals surface area contributed by atoms with Crippen LogP contribution in [0.25, 0.3) is 0 Å². The first-order valence-corrected chi connectivity index (χ1v) is 11.9. The van der Waals surface area contributed by atoms with Crippen LogP contribution >= 0.6 is 0 Å². The molecule has 1 aliphatic rings. The maximum Gasteiger partial charge on any atom is 0.517 e. The first kappa shape index (κ1) is 26.6. The number of amides is 1. The lowest BCUT2D eigenvalue weighted by Crippen LogP contribution is -2.21. The van der Waals surface area contributed by atoms with Crippen molar-refractivity contribution in [2.45, 2.75) is 33.1 Å². The highest BCUT2D eigenvalue weighted by Gasteiger charge is 2.19. The van der Waals surface area contributed by atoms with Crippen molar-refractivity contribution in [3.05, 3.63) is 65.1 Å². The van der Waals surface area contributed by atoms with Gasteiger partial charge in [-0.05, 0) is 36.1 Å². The van der Waals surface area contributed by atoms with Crippen LogP contribution in [-0.4, -0.2) is 42.0 Å². The minimum Gasteiger partial charge on any atom is -0.486 e. The maximum absolute atomic E-state index is 15.1. The Morgan fingerprint density at radius 2 is 1.84 bits per heavy atom. The van der Waals surface area contributed by atoms with Gasteiger partial charge in [0.05, 0.1) is 24.2 Å². The minimum atomic E-state index is -1.22. The molecule has 0 saturated heterocycles. The SMILES string of the molecule is CCCCOC(=O)OC(=O)Nc1nccc(Cc2cncc(Nc3cc4c(cc3F)OCCO4)c2C)c1F. The van der Waals surface area contributed by atoms with E-state index in [-0.39, 0.29) is 24.3 Å². The Balaban J connectivity index is 1.46. The molecule has 2 N–H and O–H groups in total. The normalized spacial score (nSPS) is 12.0. The molecule has 0 fully saturated rings. The molecule has 10 nitrogen and oxygen atoms in total. The van der Waals surface area contributed by atoms with Gasteiger partial charge in [-0.1, -0.05) is 13.3 Å². The minimum absolute atomic E-state index is 0.0924. The van der Waals surface area contributed by atoms with Gasteiger partial charge in [0.1, 0.15) is 13.2 Å². The number of unbranched alkanes of at least 4 members (excludes halogenated alkanes) is 1. The van der Waals surface area contributed by atoms with Gasteiger partial charge in [0.2, 0.25) is 0 Å². The fourth-order valence-corrected chi connectivity index (χ4v) is 3.62. The summed E-state index contributed by atoms with van der Waals surface area (Å²) in [5.41, 5.74) is 2.23. The molecular weight excluding hydrogens is 502 g/mol. The smallest absolute Gasteiger partial charge is 0.486 e. The number of fused-ring (bicyclic) bond motifs is 1. The fraction of sp³-hybridized carbons (Fsp3) is 0.308. The van der Waals surface area contributed by atoms with E-state index in [9.17, 15) is 14.0 Å². The number of pyridine rings is 2. The Morgan fingerprint density at radius 3 is 2.61 bits per heavy atom. The molecule has 1 aliphatic heterocycles. The largest absolute Gasteiger partial charge is 0.517 e. The van der Waals surface area contributed by atoms with E-state index in [4.69, 9.17) is 14.2 Å². The number of carbonyl (C=O) groups excluding carboxylic acids is 2. The number of aromatic nitrogens is 2. The zero-order valence-electron chi connectivity index (χ0n) is 20.8. The molecule has 200 valence electrons. The van der Waals surface area contributed by atoms with Gasteiger partial charge < -0.3 is 24.3 Å². The van der Waals surface area contributed by atoms with Crippen LogP contribution in [-0.2, 0) is 15.9 Å². The zero-order chi connectivity index (χ0) is 27.1. The highest BCUT2D eigenvalue weighted by molar-refractivity contribution is 5.90. The van der Waals surface area contributed by atoms with Crippen molar-refractivity contribution in [1.29, 1.82) is 0 Å². The summed E-state index contributed by atoms with van der Waals surface area (Å²) in [7, 11) is 0. The molecule has 4 rings (SSSR count). The average Bonchev–Trinajstić information content (AvgIpc) is 2.89. The van der Waals surface area contributed by atoms with Gasteiger partial charge in [-0.3, -0.25) is 10.3 Å². The summed E-state index contributed by atoms with van der Waals surface area (Å²) in [4.78, 5) is 31.5. The molecule has 3 heterocycles. The number of rotatable bonds is 8. The number of halogens is 2. The topological polar surface area (TPSA) is 121 Å². The summed E-state index contributed by atoms with van der Waals surface area (Å²) in [6.45, 7) is 4.51. The lowest BCUT2D eigenvalue weighted by Gasteiger charge is -2.20. The van der Waals surface area contributed by atoms with Gasteiger partial charge in [-0.15, -0.1) is 0 Å². The predicted molar refractivity (Wildman–Crippen MR) is 133 cm³/mol. The predicted octanol–water partition coefficient (Wildman–Crippen LogP) is 5.65. The third-order valence-corrected chi connectivity index (χ3v) is 5.69. The molecule has 0 unspecified atom stereocenters. The van der Waals surface area contributed by atoms with Crippen LogP contribution in [0.1, 0.15) is 36.5 Å². The highest BCUT2D eigenvalue weighted by atomic mass is 19.1. The number of nitrogens with one attached hydrogen (secondary N) is 2. The molecule has 1 aromatic carbocycles. The first-order valence-electron chi connectivity index (χ1n) is 11.9. The van der Waals surface area contributed by atoms with Gasteiger partial charge >= 0.3 is 12.2 Å². The molecule has 0 saturated carbocycles. The molecule has 38 heavy (non-hydrogen) atoms. The summed E-state index contributed by atoms with van der Waals surface area (Å²) in [6, 6.07) is 4.21. The van der Waals surface area contributed by atoms with Crippen molar-refractivity contribution < 1.29 is 37.3 Å². The number of benzene rings is 1. The van der Waals surface area contributed by atoms with E-state index in [2.05, 4.69) is 25.3 Å². The zero-order valence-corrected chi connectivity index (χ0v) is 20.8. The molecule has 12 heteroatoms. The van der Waals surface area contributed by atoms with E-state index in [1.807, 2.05) is 6.92 Å². The molecule has 0 radical (unpaired) electrons. The average molecular weight is 529 g/mol. The molecule has 0 aliphatic carbocycles. The van der Waals surface area contributed by atoms with Crippen LogP contribution < -0.4 is 20.1 Å². The number of ether oxygens (including phenoxy) is 4. The summed E-state index contributed by atoms with van der Waals surface area (Å²) < 4.78 is 49.9. The molecule has 0 bridgehead atoms. The fourth-order valence-electron chi connectivity index (χ4n) is 3.62. The number of nitrogens with zero attached hydrogens (tertiary/aromatic N) is 2. The van der Waals surface area contributed by atoms with Crippen LogP contribution in [0.15, 0.2) is 36.8 Å². The van der Waals surface area contributed by atoms with Crippen LogP contribution in [0.4, 0.5) is 35.6 Å². The number of hydrogen-bond donors (Lipinski definition) is 2. The van der Waals surface area contributed by atoms with Gasteiger partial charge in [0.25, 0.3) is 0 Å². The molecule has 1 amide bonds. The van der Waals surface area contributed by atoms with E-state index >= 15 is 4.39 Å². The van der Waals surface area contributed by atoms with Crippen LogP contribution in [0.5, 0.6) is 11.5 Å². The second-order valence-corrected chi connectivity index (χ2v) is 8.35. The van der Waals surface area contributed by atoms with Gasteiger partial charge in [-0.2, -0.15) is 0 Å². The van der Waals surface area contributed by atoms with Crippen molar-refractivity contribution >= 4 is 29.4 Å². The van der Waals surface area contributed by atoms with Crippen molar-refractivity contribution in [3.8, 4) is 11.5 Å².